The summed E-state index contributed by atoms with van der Waals surface area (Å²) in [6.45, 7) is 23.8. The third-order valence-corrected chi connectivity index (χ3v) is 17.1. The van der Waals surface area contributed by atoms with Crippen LogP contribution in [0.2, 0.25) is 0 Å². The number of nitrogens with zero attached hydrogens (tertiary/aromatic N) is 1. The molecule has 65 heavy (non-hydrogen) atoms. The lowest BCUT2D eigenvalue weighted by molar-refractivity contribution is 0.403. The van der Waals surface area contributed by atoms with Gasteiger partial charge in [0.05, 0.1) is 5.69 Å². The maximum Gasteiger partial charge on any atom is 0.0554 e. The van der Waals surface area contributed by atoms with Crippen molar-refractivity contribution in [3.63, 3.8) is 0 Å². The highest BCUT2D eigenvalue weighted by Crippen LogP contribution is 2.57. The van der Waals surface area contributed by atoms with Crippen molar-refractivity contribution >= 4 is 48.6 Å². The molecule has 0 atom stereocenters. The first-order valence-electron chi connectivity index (χ1n) is 23.5. The summed E-state index contributed by atoms with van der Waals surface area (Å²) >= 11 is 1.88. The quantitative estimate of drug-likeness (QED) is 0.167. The third-order valence-electron chi connectivity index (χ3n) is 16.0. The maximum absolute atomic E-state index is 2.57. The molecular formula is C63H57NS. The van der Waals surface area contributed by atoms with Crippen molar-refractivity contribution in [3.8, 4) is 44.5 Å². The van der Waals surface area contributed by atoms with E-state index in [2.05, 4.69) is 226 Å². The minimum atomic E-state index is -0.0639. The number of hydrogen-bond donors (Lipinski definition) is 0. The van der Waals surface area contributed by atoms with Crippen molar-refractivity contribution in [2.24, 2.45) is 0 Å². The lowest BCUT2D eigenvalue weighted by Crippen LogP contribution is -2.18. The Morgan fingerprint density at radius 3 is 1.68 bits per heavy atom. The zero-order chi connectivity index (χ0) is 44.9. The molecule has 1 nitrogen and oxygen atoms in total. The lowest BCUT2D eigenvalue weighted by Gasteiger charge is -2.28. The summed E-state index contributed by atoms with van der Waals surface area (Å²) < 4.78 is 2.62. The summed E-state index contributed by atoms with van der Waals surface area (Å²) in [4.78, 5) is 2.49. The normalized spacial score (nSPS) is 16.6. The number of aryl methyl sites for hydroxylation is 2. The minimum absolute atomic E-state index is 0.0603. The average Bonchev–Trinajstić information content (AvgIpc) is 3.91. The molecule has 1 heterocycles. The predicted octanol–water partition coefficient (Wildman–Crippen LogP) is 18.0. The molecule has 3 aliphatic carbocycles. The summed E-state index contributed by atoms with van der Waals surface area (Å²) in [7, 11) is 0. The lowest BCUT2D eigenvalue weighted by atomic mass is 9.78. The Kier molecular flexibility index (Phi) is 8.47. The van der Waals surface area contributed by atoms with E-state index >= 15 is 0 Å². The molecule has 0 N–H and O–H groups in total. The SMILES string of the molecule is Cc1cc2c(cc1C)C(C)(C)c1ccc(N(c3ccc(-c4ccc(-c5ccc6c(c5)C(C)(C)c5cc7c(cc5-6)C(C)(C)CC7(C)C)cc4)cc3)c3cccc4sc5ccccc5c34)cc1-2. The van der Waals surface area contributed by atoms with Crippen molar-refractivity contribution in [2.75, 3.05) is 4.90 Å². The molecule has 0 unspecified atom stereocenters. The Labute approximate surface area is 389 Å². The minimum Gasteiger partial charge on any atom is -0.310 e. The van der Waals surface area contributed by atoms with Gasteiger partial charge in [-0.25, -0.2) is 0 Å². The van der Waals surface area contributed by atoms with Crippen LogP contribution >= 0.6 is 11.3 Å². The molecule has 9 aromatic rings. The van der Waals surface area contributed by atoms with Gasteiger partial charge >= 0.3 is 0 Å². The van der Waals surface area contributed by atoms with Crippen LogP contribution in [0.15, 0.2) is 152 Å². The van der Waals surface area contributed by atoms with Crippen LogP contribution in [0.4, 0.5) is 17.1 Å². The van der Waals surface area contributed by atoms with E-state index in [9.17, 15) is 0 Å². The van der Waals surface area contributed by atoms with Gasteiger partial charge in [0.25, 0.3) is 0 Å². The number of thiophene rings is 1. The molecule has 0 bridgehead atoms. The fourth-order valence-corrected chi connectivity index (χ4v) is 13.7. The van der Waals surface area contributed by atoms with Gasteiger partial charge < -0.3 is 4.90 Å². The maximum atomic E-state index is 2.57. The van der Waals surface area contributed by atoms with Gasteiger partial charge in [-0.1, -0.05) is 152 Å². The van der Waals surface area contributed by atoms with E-state index in [1.54, 1.807) is 0 Å². The molecule has 0 aliphatic heterocycles. The van der Waals surface area contributed by atoms with E-state index < -0.39 is 0 Å². The number of anilines is 3. The van der Waals surface area contributed by atoms with Crippen molar-refractivity contribution in [3.05, 3.63) is 196 Å². The second-order valence-corrected chi connectivity index (χ2v) is 22.9. The molecule has 1 aromatic heterocycles. The number of hydrogen-bond acceptors (Lipinski definition) is 2. The topological polar surface area (TPSA) is 3.24 Å². The van der Waals surface area contributed by atoms with Gasteiger partial charge in [0, 0.05) is 42.4 Å². The number of fused-ring (bicyclic) bond motifs is 10. The van der Waals surface area contributed by atoms with Gasteiger partial charge in [0.1, 0.15) is 0 Å². The van der Waals surface area contributed by atoms with Crippen molar-refractivity contribution in [2.45, 2.75) is 97.3 Å². The highest BCUT2D eigenvalue weighted by molar-refractivity contribution is 7.26. The van der Waals surface area contributed by atoms with Crippen LogP contribution in [-0.2, 0) is 21.7 Å². The van der Waals surface area contributed by atoms with E-state index in [1.165, 1.54) is 127 Å². The molecule has 0 saturated carbocycles. The molecule has 0 amide bonds. The summed E-state index contributed by atoms with van der Waals surface area (Å²) in [5, 5.41) is 2.60. The third kappa shape index (κ3) is 5.89. The average molecular weight is 860 g/mol. The zero-order valence-corrected chi connectivity index (χ0v) is 40.3. The summed E-state index contributed by atoms with van der Waals surface area (Å²) in [5.41, 5.74) is 25.7. The van der Waals surface area contributed by atoms with Crippen LogP contribution in [0, 0.1) is 13.8 Å². The summed E-state index contributed by atoms with van der Waals surface area (Å²) in [6, 6.07) is 58.4. The Balaban J connectivity index is 0.908. The standard InChI is InChI=1S/C63H57NS/c1-37-30-47-48-33-44(27-29-50(48)62(7,8)51(47)31-38(37)2)64(56-15-13-17-58-59(56)46-14-11-12-16-57(46)65-58)43-25-22-40(23-26-43)39-18-20-41(21-19-39)42-24-28-45-49-34-54-55(61(5,6)36-60(54,3)4)35-53(49)63(9,10)52(45)32-42/h11-35H,36H2,1-10H3. The van der Waals surface area contributed by atoms with Gasteiger partial charge in [-0.2, -0.15) is 0 Å². The van der Waals surface area contributed by atoms with Crippen LogP contribution in [0.1, 0.15) is 106 Å². The fourth-order valence-electron chi connectivity index (χ4n) is 12.5. The predicted molar refractivity (Wildman–Crippen MR) is 280 cm³/mol. The molecular weight excluding hydrogens is 803 g/mol. The van der Waals surface area contributed by atoms with Crippen LogP contribution in [0.3, 0.4) is 0 Å². The zero-order valence-electron chi connectivity index (χ0n) is 39.5. The Morgan fingerprint density at radius 1 is 0.400 bits per heavy atom. The summed E-state index contributed by atoms with van der Waals surface area (Å²) in [5.74, 6) is 0. The Morgan fingerprint density at radius 2 is 0.938 bits per heavy atom. The van der Waals surface area contributed by atoms with Gasteiger partial charge in [-0.3, -0.25) is 0 Å². The van der Waals surface area contributed by atoms with E-state index in [0.29, 0.717) is 0 Å². The van der Waals surface area contributed by atoms with Gasteiger partial charge in [-0.05, 0) is 175 Å². The van der Waals surface area contributed by atoms with Gasteiger partial charge in [0.15, 0.2) is 0 Å². The fraction of sp³-hybridized carbons (Fsp3) is 0.238. The molecule has 12 rings (SSSR count). The molecule has 0 fully saturated rings. The summed E-state index contributed by atoms with van der Waals surface area (Å²) in [6.07, 6.45) is 1.19. The second-order valence-electron chi connectivity index (χ2n) is 21.8. The monoisotopic (exact) mass is 859 g/mol. The first kappa shape index (κ1) is 40.3. The number of rotatable bonds is 5. The highest BCUT2D eigenvalue weighted by Gasteiger charge is 2.45. The Bertz CT molecular complexity index is 3460. The van der Waals surface area contributed by atoms with Crippen molar-refractivity contribution in [1.82, 2.24) is 0 Å². The van der Waals surface area contributed by atoms with Gasteiger partial charge in [-0.15, -0.1) is 11.3 Å². The highest BCUT2D eigenvalue weighted by atomic mass is 32.1. The van der Waals surface area contributed by atoms with Crippen molar-refractivity contribution in [1.29, 1.82) is 0 Å². The van der Waals surface area contributed by atoms with Gasteiger partial charge in [0.2, 0.25) is 0 Å². The van der Waals surface area contributed by atoms with E-state index in [-0.39, 0.29) is 21.7 Å². The molecule has 2 heteroatoms. The molecule has 8 aromatic carbocycles. The van der Waals surface area contributed by atoms with Crippen LogP contribution in [0.5, 0.6) is 0 Å². The van der Waals surface area contributed by atoms with Crippen LogP contribution in [0.25, 0.3) is 64.7 Å². The van der Waals surface area contributed by atoms with E-state index in [1.807, 2.05) is 11.3 Å². The Hall–Kier alpha value is -6.22. The largest absolute Gasteiger partial charge is 0.310 e. The van der Waals surface area contributed by atoms with Crippen LogP contribution < -0.4 is 4.90 Å². The first-order chi connectivity index (χ1) is 31.0. The van der Waals surface area contributed by atoms with Crippen LogP contribution in [-0.4, -0.2) is 0 Å². The second kappa shape index (κ2) is 13.7. The smallest absolute Gasteiger partial charge is 0.0554 e. The van der Waals surface area contributed by atoms with E-state index in [0.717, 1.165) is 5.69 Å². The molecule has 0 saturated heterocycles. The van der Waals surface area contributed by atoms with E-state index in [4.69, 9.17) is 0 Å². The molecule has 3 aliphatic rings. The molecule has 0 radical (unpaired) electrons. The number of benzene rings is 8. The molecule has 0 spiro atoms. The first-order valence-corrected chi connectivity index (χ1v) is 24.4. The molecule has 320 valence electrons. The van der Waals surface area contributed by atoms with Crippen molar-refractivity contribution < 1.29 is 0 Å².